The van der Waals surface area contributed by atoms with Gasteiger partial charge in [-0.15, -0.1) is 0 Å². The first-order valence-electron chi connectivity index (χ1n) is 25.3. The molecule has 0 aliphatic carbocycles. The second kappa shape index (κ2) is 22.4. The van der Waals surface area contributed by atoms with Gasteiger partial charge in [-0.2, -0.15) is 0 Å². The quantitative estimate of drug-likeness (QED) is 0.119. The Bertz CT molecular complexity index is 3860. The van der Waals surface area contributed by atoms with Gasteiger partial charge in [0.05, 0.1) is 29.0 Å². The molecule has 0 saturated carbocycles. The van der Waals surface area contributed by atoms with Crippen LogP contribution in [0.3, 0.4) is 0 Å². The maximum Gasteiger partial charge on any atom is 0.415 e. The number of nitrogens with one attached hydrogen (secondary N) is 1. The highest BCUT2D eigenvalue weighted by Crippen LogP contribution is 2.47. The molecule has 13 nitrogen and oxygen atoms in total. The molecule has 4 N–H and O–H groups in total. The zero-order chi connectivity index (χ0) is 55.5. The summed E-state index contributed by atoms with van der Waals surface area (Å²) in [5.41, 5.74) is 12.5. The van der Waals surface area contributed by atoms with Crippen molar-refractivity contribution in [2.75, 3.05) is 23.9 Å². The highest BCUT2D eigenvalue weighted by atomic mass is 19.1. The summed E-state index contributed by atoms with van der Waals surface area (Å²) >= 11 is 0. The number of amides is 3. The van der Waals surface area contributed by atoms with Gasteiger partial charge in [0.25, 0.3) is 5.91 Å². The smallest absolute Gasteiger partial charge is 0.415 e. The molecule has 79 heavy (non-hydrogen) atoms. The molecule has 0 radical (unpaired) electrons. The average molecular weight is 1060 g/mol. The van der Waals surface area contributed by atoms with Crippen molar-refractivity contribution >= 4 is 57.4 Å². The molecule has 15 heteroatoms. The normalized spacial score (nSPS) is 16.6. The first kappa shape index (κ1) is 52.6. The number of hydrogen-bond donors (Lipinski definition) is 3. The van der Waals surface area contributed by atoms with Crippen LogP contribution in [0.15, 0.2) is 203 Å². The Hall–Kier alpha value is -9.86. The molecule has 2 aliphatic heterocycles. The van der Waals surface area contributed by atoms with Gasteiger partial charge in [0.1, 0.15) is 52.1 Å². The van der Waals surface area contributed by atoms with Crippen molar-refractivity contribution < 1.29 is 51.4 Å². The van der Waals surface area contributed by atoms with Crippen molar-refractivity contribution in [2.24, 2.45) is 5.73 Å². The van der Waals surface area contributed by atoms with Crippen molar-refractivity contribution in [1.29, 1.82) is 0 Å². The number of hydrogen-bond acceptors (Lipinski definition) is 9. The van der Waals surface area contributed by atoms with E-state index in [1.54, 1.807) is 47.2 Å². The van der Waals surface area contributed by atoms with E-state index in [1.165, 1.54) is 43.4 Å². The van der Waals surface area contributed by atoms with Gasteiger partial charge in [-0.3, -0.25) is 14.6 Å². The molecule has 10 aromatic rings. The highest BCUT2D eigenvalue weighted by molar-refractivity contribution is 6.14. The number of rotatable bonds is 10. The van der Waals surface area contributed by atoms with Gasteiger partial charge in [0.15, 0.2) is 0 Å². The number of nitrogens with zero attached hydrogens (tertiary/aromatic N) is 2. The minimum atomic E-state index is -1.17. The van der Waals surface area contributed by atoms with Crippen LogP contribution in [0.1, 0.15) is 57.9 Å². The van der Waals surface area contributed by atoms with Crippen LogP contribution in [0.2, 0.25) is 0 Å². The van der Waals surface area contributed by atoms with E-state index >= 15 is 0 Å². The van der Waals surface area contributed by atoms with Crippen LogP contribution in [0.4, 0.5) is 29.7 Å². The molecule has 4 atom stereocenters. The first-order chi connectivity index (χ1) is 38.4. The summed E-state index contributed by atoms with van der Waals surface area (Å²) in [5, 5.41) is 13.8. The SMILES string of the molecule is CN.CNC(=O)c1c(-c2ccc(F)cc2)oc2cc(N3C(=O)O[C@H](c4ccccc4)[C@@H]3C)c(-c3ccccc3)cc12.C[C@H]1[C@@H](c2ccccc2)OC(=O)N1c1cc2oc(-c3ccc(F)cc3)c(C(=O)O)c2cc1-c1ccccc1. The topological polar surface area (TPSA) is 178 Å². The van der Waals surface area contributed by atoms with Gasteiger partial charge < -0.3 is 34.5 Å². The summed E-state index contributed by atoms with van der Waals surface area (Å²) in [6.45, 7) is 3.86. The summed E-state index contributed by atoms with van der Waals surface area (Å²) in [6, 6.07) is 55.9. The van der Waals surface area contributed by atoms with E-state index in [-0.39, 0.29) is 35.1 Å². The number of halogens is 2. The lowest BCUT2D eigenvalue weighted by Gasteiger charge is -2.24. The number of aromatic carboxylic acids is 1. The van der Waals surface area contributed by atoms with Gasteiger partial charge in [-0.05, 0) is 104 Å². The van der Waals surface area contributed by atoms with E-state index in [2.05, 4.69) is 11.1 Å². The zero-order valence-corrected chi connectivity index (χ0v) is 43.2. The number of benzene rings is 8. The number of fused-ring (bicyclic) bond motifs is 2. The van der Waals surface area contributed by atoms with Crippen molar-refractivity contribution in [3.63, 3.8) is 0 Å². The Kier molecular flexibility index (Phi) is 14.9. The molecule has 4 heterocycles. The fourth-order valence-corrected chi connectivity index (χ4v) is 10.3. The molecule has 3 amide bonds. The van der Waals surface area contributed by atoms with Crippen LogP contribution >= 0.6 is 0 Å². The van der Waals surface area contributed by atoms with Crippen molar-refractivity contribution in [3.05, 3.63) is 228 Å². The number of ether oxygens (including phenoxy) is 2. The number of carboxylic acid groups (broad SMARTS) is 1. The van der Waals surface area contributed by atoms with E-state index in [0.717, 1.165) is 27.8 Å². The number of carboxylic acids is 1. The monoisotopic (exact) mass is 1060 g/mol. The molecular weight excluding hydrogens is 1010 g/mol. The summed E-state index contributed by atoms with van der Waals surface area (Å²) in [7, 11) is 3.05. The van der Waals surface area contributed by atoms with E-state index in [9.17, 15) is 33.1 Å². The molecule has 0 bridgehead atoms. The van der Waals surface area contributed by atoms with Gasteiger partial charge in [-0.1, -0.05) is 121 Å². The van der Waals surface area contributed by atoms with Crippen LogP contribution in [-0.2, 0) is 9.47 Å². The lowest BCUT2D eigenvalue weighted by atomic mass is 9.96. The number of anilines is 2. The van der Waals surface area contributed by atoms with Crippen LogP contribution in [-0.4, -0.2) is 55.3 Å². The first-order valence-corrected chi connectivity index (χ1v) is 25.3. The standard InChI is InChI=1S/C32H25FN2O4.C31H22FNO5.CH5N/c1-19-29(21-11-7-4-8-12-21)39-32(37)35(19)26-18-27-25(17-24(26)20-9-5-3-6-10-20)28(31(36)34-2)30(38-27)22-13-15-23(33)16-14-22;1-18-28(20-10-6-3-7-11-20)38-31(36)33(18)25-17-26-24(16-23(25)19-8-4-2-5-9-19)27(30(34)35)29(37-26)21-12-14-22(32)15-13-21;1-2/h3-19,29H,1-2H3,(H,34,36);2-18,28H,1H3,(H,34,35);2H2,1H3/t19-,29-;18-,28-;/m00./s1. The van der Waals surface area contributed by atoms with E-state index in [0.29, 0.717) is 61.3 Å². The Morgan fingerprint density at radius 2 is 0.861 bits per heavy atom. The minimum absolute atomic E-state index is 0.0328. The van der Waals surface area contributed by atoms with Crippen molar-refractivity contribution in [1.82, 2.24) is 5.32 Å². The van der Waals surface area contributed by atoms with Gasteiger partial charge in [-0.25, -0.2) is 23.2 Å². The molecule has 2 aliphatic rings. The van der Waals surface area contributed by atoms with Crippen LogP contribution in [0, 0.1) is 11.6 Å². The zero-order valence-electron chi connectivity index (χ0n) is 43.2. The Balaban J connectivity index is 0.000000173. The van der Waals surface area contributed by atoms with E-state index in [1.807, 2.05) is 141 Å². The van der Waals surface area contributed by atoms with E-state index < -0.39 is 36.2 Å². The largest absolute Gasteiger partial charge is 0.478 e. The number of nitrogens with two attached hydrogens (primary N) is 1. The van der Waals surface area contributed by atoms with Crippen LogP contribution in [0.5, 0.6) is 0 Å². The lowest BCUT2D eigenvalue weighted by molar-refractivity contribution is 0.0698. The summed E-state index contributed by atoms with van der Waals surface area (Å²) in [5.74, 6) is -1.90. The molecule has 12 rings (SSSR count). The summed E-state index contributed by atoms with van der Waals surface area (Å²) < 4.78 is 51.2. The number of carbonyl (C=O) groups is 4. The number of cyclic esters (lactones) is 2. The molecule has 0 unspecified atom stereocenters. The molecule has 2 aromatic heterocycles. The molecular formula is C64H52F2N4O9. The van der Waals surface area contributed by atoms with E-state index in [4.69, 9.17) is 18.3 Å². The second-order valence-electron chi connectivity index (χ2n) is 18.6. The van der Waals surface area contributed by atoms with Crippen LogP contribution < -0.4 is 20.9 Å². The fraction of sp³-hybridized carbons (Fsp3) is 0.125. The lowest BCUT2D eigenvalue weighted by Crippen LogP contribution is -2.32. The maximum absolute atomic E-state index is 13.7. The predicted molar refractivity (Wildman–Crippen MR) is 300 cm³/mol. The van der Waals surface area contributed by atoms with Gasteiger partial charge >= 0.3 is 18.2 Å². The fourth-order valence-electron chi connectivity index (χ4n) is 10.3. The van der Waals surface area contributed by atoms with Gasteiger partial charge in [0, 0.05) is 52.2 Å². The molecule has 8 aromatic carbocycles. The second-order valence-corrected chi connectivity index (χ2v) is 18.6. The molecule has 0 spiro atoms. The van der Waals surface area contributed by atoms with Crippen LogP contribution in [0.25, 0.3) is 66.8 Å². The third-order valence-electron chi connectivity index (χ3n) is 14.0. The summed E-state index contributed by atoms with van der Waals surface area (Å²) in [4.78, 5) is 55.4. The average Bonchev–Trinajstić information content (AvgIpc) is 4.45. The highest BCUT2D eigenvalue weighted by Gasteiger charge is 2.44. The maximum atomic E-state index is 13.7. The predicted octanol–water partition coefficient (Wildman–Crippen LogP) is 14.6. The Morgan fingerprint density at radius 1 is 0.506 bits per heavy atom. The van der Waals surface area contributed by atoms with Crippen molar-refractivity contribution in [3.8, 4) is 44.9 Å². The Morgan fingerprint density at radius 3 is 1.23 bits per heavy atom. The summed E-state index contributed by atoms with van der Waals surface area (Å²) in [6.07, 6.45) is -1.91. The molecule has 2 fully saturated rings. The molecule has 396 valence electrons. The number of carbonyl (C=O) groups excluding carboxylic acids is 3. The Labute approximate surface area is 453 Å². The number of furan rings is 2. The third-order valence-corrected chi connectivity index (χ3v) is 14.0. The third kappa shape index (κ3) is 10.1. The molecule has 2 saturated heterocycles. The van der Waals surface area contributed by atoms with Gasteiger partial charge in [0.2, 0.25) is 0 Å². The minimum Gasteiger partial charge on any atom is -0.478 e. The van der Waals surface area contributed by atoms with Crippen molar-refractivity contribution in [2.45, 2.75) is 38.1 Å².